The maximum atomic E-state index is 6.67. The molecular weight excluding hydrogens is 787 g/mol. The smallest absolute Gasteiger partial charge is 0.164 e. The number of para-hydroxylation sites is 1. The van der Waals surface area contributed by atoms with Gasteiger partial charge in [-0.25, -0.2) is 15.0 Å². The van der Waals surface area contributed by atoms with E-state index in [1.807, 2.05) is 11.3 Å². The first kappa shape index (κ1) is 36.0. The molecule has 0 saturated carbocycles. The molecule has 13 rings (SSSR count). The Kier molecular flexibility index (Phi) is 8.25. The summed E-state index contributed by atoms with van der Waals surface area (Å²) in [4.78, 5) is 16.3. The zero-order valence-electron chi connectivity index (χ0n) is 34.1. The van der Waals surface area contributed by atoms with Crippen molar-refractivity contribution in [3.05, 3.63) is 211 Å². The number of thiophene rings is 1. The number of rotatable bonds is 5. The first-order valence-electron chi connectivity index (χ1n) is 21.6. The molecule has 63 heavy (non-hydrogen) atoms. The van der Waals surface area contributed by atoms with Crippen LogP contribution in [-0.4, -0.2) is 15.0 Å². The first-order chi connectivity index (χ1) is 31.2. The number of hydrogen-bond acceptors (Lipinski definition) is 5. The highest BCUT2D eigenvalue weighted by atomic mass is 32.1. The molecule has 0 spiro atoms. The number of benzene rings is 9. The van der Waals surface area contributed by atoms with Crippen LogP contribution in [0.5, 0.6) is 0 Å². The maximum absolute atomic E-state index is 6.67. The third-order valence-corrected chi connectivity index (χ3v) is 14.1. The molecule has 296 valence electrons. The van der Waals surface area contributed by atoms with Crippen molar-refractivity contribution in [2.24, 2.45) is 0 Å². The van der Waals surface area contributed by atoms with Gasteiger partial charge in [-0.05, 0) is 117 Å². The summed E-state index contributed by atoms with van der Waals surface area (Å²) in [5, 5.41) is 7.17. The van der Waals surface area contributed by atoms with Crippen molar-refractivity contribution in [3.63, 3.8) is 0 Å². The summed E-state index contributed by atoms with van der Waals surface area (Å²) >= 11 is 1.82. The topological polar surface area (TPSA) is 51.8 Å². The Labute approximate surface area is 367 Å². The average Bonchev–Trinajstić information content (AvgIpc) is 3.87. The van der Waals surface area contributed by atoms with Crippen LogP contribution in [0.15, 0.2) is 199 Å². The van der Waals surface area contributed by atoms with Crippen LogP contribution in [0.4, 0.5) is 0 Å². The Hall–Kier alpha value is -7.73. The van der Waals surface area contributed by atoms with E-state index in [1.165, 1.54) is 58.8 Å². The molecule has 1 aliphatic carbocycles. The number of fused-ring (bicyclic) bond motifs is 10. The molecule has 1 unspecified atom stereocenters. The quantitative estimate of drug-likeness (QED) is 0.173. The van der Waals surface area contributed by atoms with Crippen LogP contribution in [-0.2, 0) is 6.42 Å². The van der Waals surface area contributed by atoms with Gasteiger partial charge in [-0.3, -0.25) is 0 Å². The Balaban J connectivity index is 1.08. The average molecular weight is 824 g/mol. The normalized spacial score (nSPS) is 13.7. The van der Waals surface area contributed by atoms with Crippen molar-refractivity contribution in [2.75, 3.05) is 0 Å². The lowest BCUT2D eigenvalue weighted by atomic mass is 9.81. The number of aromatic nitrogens is 3. The molecule has 0 fully saturated rings. The molecular formula is C58H37N3OS. The molecule has 0 amide bonds. The van der Waals surface area contributed by atoms with E-state index >= 15 is 0 Å². The Morgan fingerprint density at radius 3 is 2.00 bits per heavy atom. The van der Waals surface area contributed by atoms with Gasteiger partial charge in [0.15, 0.2) is 17.5 Å². The Bertz CT molecular complexity index is 3770. The van der Waals surface area contributed by atoms with E-state index in [-0.39, 0.29) is 5.92 Å². The summed E-state index contributed by atoms with van der Waals surface area (Å²) in [6, 6.07) is 69.6. The van der Waals surface area contributed by atoms with Crippen LogP contribution in [0.2, 0.25) is 0 Å². The van der Waals surface area contributed by atoms with Gasteiger partial charge in [0.25, 0.3) is 0 Å². The minimum Gasteiger partial charge on any atom is -0.456 e. The predicted octanol–water partition coefficient (Wildman–Crippen LogP) is 15.7. The van der Waals surface area contributed by atoms with E-state index in [0.29, 0.717) is 17.5 Å². The standard InChI is InChI=1S/C58H37N3OS/c1-2-13-35(14-3-1)36-17-12-18-40(32-36)56-59-57(41-26-30-53-49(34-41)44-21-9-11-24-52(44)63-53)61-58(60-56)47-28-29-51-55(46-22-8-10-23-50(46)62-51)54(47)45-27-25-39-31-37-15-4-5-16-38(37)33-48(39)43-20-7-6-19-42(43)45/h1-24,26,28-34,45H,25,27H2. The fourth-order valence-corrected chi connectivity index (χ4v) is 11.1. The minimum absolute atomic E-state index is 0.00927. The number of nitrogens with zero attached hydrogens (tertiary/aromatic N) is 3. The lowest BCUT2D eigenvalue weighted by molar-refractivity contribution is 0.667. The second kappa shape index (κ2) is 14.4. The SMILES string of the molecule is c1ccc(-c2cccc(-c3nc(-c4ccc5sc6ccccc6c5c4)nc(-c4ccc5oc6ccccc6c5c4C4CCc5cc6ccccc6cc5-c5ccccc54)n3)c2)cc1. The summed E-state index contributed by atoms with van der Waals surface area (Å²) < 4.78 is 9.17. The fourth-order valence-electron chi connectivity index (χ4n) is 10.0. The predicted molar refractivity (Wildman–Crippen MR) is 261 cm³/mol. The van der Waals surface area contributed by atoms with Crippen molar-refractivity contribution >= 4 is 64.2 Å². The van der Waals surface area contributed by atoms with Crippen LogP contribution in [0, 0.1) is 0 Å². The van der Waals surface area contributed by atoms with Crippen LogP contribution in [0.3, 0.4) is 0 Å². The third kappa shape index (κ3) is 5.99. The molecule has 1 aliphatic rings. The van der Waals surface area contributed by atoms with Gasteiger partial charge in [-0.2, -0.15) is 0 Å². The number of hydrogen-bond donors (Lipinski definition) is 0. The van der Waals surface area contributed by atoms with Crippen LogP contribution >= 0.6 is 11.3 Å². The molecule has 0 bridgehead atoms. The summed E-state index contributed by atoms with van der Waals surface area (Å²) in [5.74, 6) is 1.92. The highest BCUT2D eigenvalue weighted by molar-refractivity contribution is 7.25. The second-order valence-electron chi connectivity index (χ2n) is 16.6. The molecule has 0 saturated heterocycles. The molecule has 3 heterocycles. The summed E-state index contributed by atoms with van der Waals surface area (Å²) in [7, 11) is 0. The van der Waals surface area contributed by atoms with E-state index in [1.54, 1.807) is 0 Å². The highest BCUT2D eigenvalue weighted by Crippen LogP contribution is 2.49. The van der Waals surface area contributed by atoms with E-state index < -0.39 is 0 Å². The van der Waals surface area contributed by atoms with E-state index in [0.717, 1.165) is 62.6 Å². The van der Waals surface area contributed by atoms with Crippen molar-refractivity contribution in [1.29, 1.82) is 0 Å². The lowest BCUT2D eigenvalue weighted by Gasteiger charge is -2.23. The molecule has 9 aromatic carbocycles. The Morgan fingerprint density at radius 2 is 1.11 bits per heavy atom. The largest absolute Gasteiger partial charge is 0.456 e. The summed E-state index contributed by atoms with van der Waals surface area (Å²) in [6.07, 6.45) is 1.82. The number of furan rings is 1. The molecule has 1 atom stereocenters. The number of aryl methyl sites for hydroxylation is 1. The van der Waals surface area contributed by atoms with Gasteiger partial charge in [0.05, 0.1) is 0 Å². The van der Waals surface area contributed by atoms with Crippen molar-refractivity contribution < 1.29 is 4.42 Å². The zero-order valence-corrected chi connectivity index (χ0v) is 34.9. The Morgan fingerprint density at radius 1 is 0.429 bits per heavy atom. The molecule has 0 aliphatic heterocycles. The summed E-state index contributed by atoms with van der Waals surface area (Å²) in [5.41, 5.74) is 13.3. The molecule has 5 heteroatoms. The van der Waals surface area contributed by atoms with Crippen molar-refractivity contribution in [1.82, 2.24) is 15.0 Å². The van der Waals surface area contributed by atoms with Gasteiger partial charge >= 0.3 is 0 Å². The maximum Gasteiger partial charge on any atom is 0.164 e. The van der Waals surface area contributed by atoms with Gasteiger partial charge in [0.2, 0.25) is 0 Å². The van der Waals surface area contributed by atoms with Gasteiger partial charge in [0.1, 0.15) is 11.2 Å². The molecule has 4 nitrogen and oxygen atoms in total. The lowest BCUT2D eigenvalue weighted by Crippen LogP contribution is -2.08. The molecule has 0 radical (unpaired) electrons. The summed E-state index contributed by atoms with van der Waals surface area (Å²) in [6.45, 7) is 0. The van der Waals surface area contributed by atoms with Crippen LogP contribution in [0.25, 0.3) is 109 Å². The molecule has 3 aromatic heterocycles. The monoisotopic (exact) mass is 823 g/mol. The zero-order chi connectivity index (χ0) is 41.4. The van der Waals surface area contributed by atoms with Crippen LogP contribution < -0.4 is 0 Å². The molecule has 12 aromatic rings. The third-order valence-electron chi connectivity index (χ3n) is 13.0. The van der Waals surface area contributed by atoms with E-state index in [2.05, 4.69) is 194 Å². The highest BCUT2D eigenvalue weighted by Gasteiger charge is 2.30. The van der Waals surface area contributed by atoms with Gasteiger partial charge in [-0.1, -0.05) is 140 Å². The second-order valence-corrected chi connectivity index (χ2v) is 17.7. The van der Waals surface area contributed by atoms with Gasteiger partial charge in [-0.15, -0.1) is 11.3 Å². The van der Waals surface area contributed by atoms with Crippen LogP contribution in [0.1, 0.15) is 29.0 Å². The van der Waals surface area contributed by atoms with E-state index in [4.69, 9.17) is 19.4 Å². The van der Waals surface area contributed by atoms with Gasteiger partial charge < -0.3 is 4.42 Å². The van der Waals surface area contributed by atoms with E-state index in [9.17, 15) is 0 Å². The van der Waals surface area contributed by atoms with Crippen molar-refractivity contribution in [3.8, 4) is 56.4 Å². The minimum atomic E-state index is 0.00927. The van der Waals surface area contributed by atoms with Gasteiger partial charge in [0, 0.05) is 53.6 Å². The fraction of sp³-hybridized carbons (Fsp3) is 0.0517. The first-order valence-corrected chi connectivity index (χ1v) is 22.4. The molecule has 0 N–H and O–H groups in total. The van der Waals surface area contributed by atoms with Crippen molar-refractivity contribution in [2.45, 2.75) is 18.8 Å².